The number of hydrogen-bond donors (Lipinski definition) is 1. The van der Waals surface area contributed by atoms with Gasteiger partial charge in [0.25, 0.3) is 0 Å². The quantitative estimate of drug-likeness (QED) is 0.803. The van der Waals surface area contributed by atoms with Gasteiger partial charge >= 0.3 is 0 Å². The first-order valence-corrected chi connectivity index (χ1v) is 8.79. The van der Waals surface area contributed by atoms with Crippen molar-refractivity contribution in [2.24, 2.45) is 5.92 Å². The van der Waals surface area contributed by atoms with Gasteiger partial charge in [0.2, 0.25) is 15.9 Å². The molecule has 0 aromatic carbocycles. The van der Waals surface area contributed by atoms with Crippen LogP contribution in [0.2, 0.25) is 0 Å². The molecule has 0 bridgehead atoms. The molecule has 1 heterocycles. The van der Waals surface area contributed by atoms with E-state index in [1.807, 2.05) is 13.8 Å². The lowest BCUT2D eigenvalue weighted by molar-refractivity contribution is -0.134. The van der Waals surface area contributed by atoms with E-state index in [1.54, 1.807) is 11.8 Å². The summed E-state index contributed by atoms with van der Waals surface area (Å²) in [5.74, 6) is 0.221. The second-order valence-electron chi connectivity index (χ2n) is 5.59. The Hall–Kier alpha value is -0.620. The van der Waals surface area contributed by atoms with Gasteiger partial charge in [-0.05, 0) is 38.5 Å². The van der Waals surface area contributed by atoms with Crippen LogP contribution in [0.3, 0.4) is 0 Å². The summed E-state index contributed by atoms with van der Waals surface area (Å²) in [6.07, 6.45) is 3.73. The Bertz CT molecular complexity index is 387. The molecule has 5 nitrogen and oxygen atoms in total. The van der Waals surface area contributed by atoms with Crippen LogP contribution in [-0.2, 0) is 14.8 Å². The fourth-order valence-electron chi connectivity index (χ4n) is 2.31. The van der Waals surface area contributed by atoms with Crippen molar-refractivity contribution in [3.63, 3.8) is 0 Å². The van der Waals surface area contributed by atoms with E-state index >= 15 is 0 Å². The monoisotopic (exact) mass is 290 g/mol. The molecule has 1 rings (SSSR count). The lowest BCUT2D eigenvalue weighted by Crippen LogP contribution is -2.50. The fourth-order valence-corrected chi connectivity index (χ4v) is 3.10. The van der Waals surface area contributed by atoms with Crippen LogP contribution in [-0.4, -0.2) is 44.1 Å². The molecule has 1 amide bonds. The Morgan fingerprint density at radius 2 is 1.79 bits per heavy atom. The van der Waals surface area contributed by atoms with Crippen LogP contribution in [0.5, 0.6) is 0 Å². The van der Waals surface area contributed by atoms with Gasteiger partial charge in [0, 0.05) is 13.1 Å². The highest BCUT2D eigenvalue weighted by Crippen LogP contribution is 2.14. The highest BCUT2D eigenvalue weighted by molar-refractivity contribution is 7.89. The molecule has 0 aromatic heterocycles. The molecule has 6 heteroatoms. The van der Waals surface area contributed by atoms with Crippen molar-refractivity contribution in [3.05, 3.63) is 0 Å². The number of amides is 1. The van der Waals surface area contributed by atoms with E-state index in [0.29, 0.717) is 6.42 Å². The zero-order chi connectivity index (χ0) is 14.5. The molecular formula is C13H26N2O3S. The Kier molecular flexibility index (Phi) is 6.26. The summed E-state index contributed by atoms with van der Waals surface area (Å²) < 4.78 is 25.9. The first-order valence-electron chi connectivity index (χ1n) is 7.14. The lowest BCUT2D eigenvalue weighted by Gasteiger charge is -2.31. The maximum absolute atomic E-state index is 12.4. The Morgan fingerprint density at radius 3 is 2.26 bits per heavy atom. The van der Waals surface area contributed by atoms with E-state index in [0.717, 1.165) is 32.4 Å². The van der Waals surface area contributed by atoms with Crippen molar-refractivity contribution in [1.29, 1.82) is 0 Å². The molecule has 112 valence electrons. The van der Waals surface area contributed by atoms with Gasteiger partial charge in [-0.2, -0.15) is 0 Å². The van der Waals surface area contributed by atoms with E-state index in [2.05, 4.69) is 4.72 Å². The van der Waals surface area contributed by atoms with Crippen molar-refractivity contribution < 1.29 is 13.2 Å². The van der Waals surface area contributed by atoms with Crippen LogP contribution in [0.4, 0.5) is 0 Å². The number of piperidine rings is 1. The van der Waals surface area contributed by atoms with Gasteiger partial charge in [-0.3, -0.25) is 4.79 Å². The second-order valence-corrected chi connectivity index (χ2v) is 7.63. The number of rotatable bonds is 6. The summed E-state index contributed by atoms with van der Waals surface area (Å²) in [5.41, 5.74) is 0. The van der Waals surface area contributed by atoms with Crippen LogP contribution in [0.25, 0.3) is 0 Å². The minimum Gasteiger partial charge on any atom is -0.341 e. The summed E-state index contributed by atoms with van der Waals surface area (Å²) in [6.45, 7) is 7.08. The number of likely N-dealkylation sites (tertiary alicyclic amines) is 1. The van der Waals surface area contributed by atoms with Crippen molar-refractivity contribution in [3.8, 4) is 0 Å². The molecule has 0 spiro atoms. The van der Waals surface area contributed by atoms with Crippen molar-refractivity contribution in [1.82, 2.24) is 9.62 Å². The number of nitrogens with one attached hydrogen (secondary N) is 1. The number of carbonyl (C=O) groups is 1. The fraction of sp³-hybridized carbons (Fsp3) is 0.923. The third kappa shape index (κ3) is 5.48. The van der Waals surface area contributed by atoms with Crippen LogP contribution >= 0.6 is 0 Å². The van der Waals surface area contributed by atoms with E-state index in [1.165, 1.54) is 0 Å². The predicted octanol–water partition coefficient (Wildman–Crippen LogP) is 1.35. The minimum atomic E-state index is -3.35. The zero-order valence-electron chi connectivity index (χ0n) is 12.2. The van der Waals surface area contributed by atoms with Gasteiger partial charge < -0.3 is 4.90 Å². The first kappa shape index (κ1) is 16.4. The Labute approximate surface area is 116 Å². The second kappa shape index (κ2) is 7.24. The summed E-state index contributed by atoms with van der Waals surface area (Å²) in [4.78, 5) is 14.2. The maximum Gasteiger partial charge on any atom is 0.240 e. The predicted molar refractivity (Wildman–Crippen MR) is 76.3 cm³/mol. The van der Waals surface area contributed by atoms with E-state index < -0.39 is 16.1 Å². The van der Waals surface area contributed by atoms with Gasteiger partial charge in [-0.25, -0.2) is 13.1 Å². The Balaban J connectivity index is 2.74. The first-order chi connectivity index (χ1) is 8.85. The Morgan fingerprint density at radius 1 is 1.21 bits per heavy atom. The number of hydrogen-bond acceptors (Lipinski definition) is 3. The summed E-state index contributed by atoms with van der Waals surface area (Å²) in [5, 5.41) is 0. The van der Waals surface area contributed by atoms with E-state index in [-0.39, 0.29) is 17.6 Å². The van der Waals surface area contributed by atoms with E-state index in [4.69, 9.17) is 0 Å². The smallest absolute Gasteiger partial charge is 0.240 e. The van der Waals surface area contributed by atoms with Crippen molar-refractivity contribution >= 4 is 15.9 Å². The lowest BCUT2D eigenvalue weighted by atomic mass is 10.0. The van der Waals surface area contributed by atoms with Crippen molar-refractivity contribution in [2.75, 3.05) is 18.8 Å². The minimum absolute atomic E-state index is 0.00880. The largest absolute Gasteiger partial charge is 0.341 e. The highest BCUT2D eigenvalue weighted by Gasteiger charge is 2.29. The molecule has 0 aromatic rings. The molecule has 1 aliphatic rings. The summed E-state index contributed by atoms with van der Waals surface area (Å²) in [6, 6.07) is -0.608. The van der Waals surface area contributed by atoms with Gasteiger partial charge in [0.15, 0.2) is 0 Å². The molecule has 1 saturated heterocycles. The van der Waals surface area contributed by atoms with Crippen LogP contribution in [0.15, 0.2) is 0 Å². The molecule has 0 radical (unpaired) electrons. The topological polar surface area (TPSA) is 66.5 Å². The molecule has 1 aliphatic heterocycles. The normalized spacial score (nSPS) is 18.6. The number of sulfonamides is 1. The van der Waals surface area contributed by atoms with Crippen molar-refractivity contribution in [2.45, 2.75) is 52.5 Å². The third-order valence-corrected chi connectivity index (χ3v) is 4.78. The summed E-state index contributed by atoms with van der Waals surface area (Å²) in [7, 11) is -3.35. The average molecular weight is 290 g/mol. The maximum atomic E-state index is 12.4. The SMILES string of the molecule is CCS(=O)(=O)N[C@@H](CC(C)C)C(=O)N1CCCCC1. The molecular weight excluding hydrogens is 264 g/mol. The third-order valence-electron chi connectivity index (χ3n) is 3.37. The number of nitrogens with zero attached hydrogens (tertiary/aromatic N) is 1. The van der Waals surface area contributed by atoms with Gasteiger partial charge in [-0.1, -0.05) is 13.8 Å². The number of carbonyl (C=O) groups excluding carboxylic acids is 1. The van der Waals surface area contributed by atoms with E-state index in [9.17, 15) is 13.2 Å². The zero-order valence-corrected chi connectivity index (χ0v) is 13.0. The summed E-state index contributed by atoms with van der Waals surface area (Å²) >= 11 is 0. The van der Waals surface area contributed by atoms with Crippen LogP contribution in [0.1, 0.15) is 46.5 Å². The van der Waals surface area contributed by atoms with Gasteiger partial charge in [0.05, 0.1) is 5.75 Å². The van der Waals surface area contributed by atoms with Gasteiger partial charge in [-0.15, -0.1) is 0 Å². The molecule has 1 N–H and O–H groups in total. The molecule has 1 fully saturated rings. The van der Waals surface area contributed by atoms with Crippen LogP contribution < -0.4 is 4.72 Å². The highest BCUT2D eigenvalue weighted by atomic mass is 32.2. The molecule has 1 atom stereocenters. The standard InChI is InChI=1S/C13H26N2O3S/c1-4-19(17,18)14-12(10-11(2)3)13(16)15-8-6-5-7-9-15/h11-12,14H,4-10H2,1-3H3/t12-/m0/s1. The molecule has 19 heavy (non-hydrogen) atoms. The average Bonchev–Trinajstić information content (AvgIpc) is 2.37. The molecule has 0 aliphatic carbocycles. The molecule has 0 saturated carbocycles. The van der Waals surface area contributed by atoms with Gasteiger partial charge in [0.1, 0.15) is 6.04 Å². The molecule has 0 unspecified atom stereocenters. The van der Waals surface area contributed by atoms with Crippen LogP contribution in [0, 0.1) is 5.92 Å².